The minimum absolute atomic E-state index is 0.522. The average molecular weight is 277 g/mol. The van der Waals surface area contributed by atoms with Gasteiger partial charge in [-0.05, 0) is 0 Å². The van der Waals surface area contributed by atoms with E-state index in [0.717, 1.165) is 29.5 Å². The van der Waals surface area contributed by atoms with Gasteiger partial charge in [-0.1, -0.05) is 0 Å². The summed E-state index contributed by atoms with van der Waals surface area (Å²) in [5.41, 5.74) is 0.522. The summed E-state index contributed by atoms with van der Waals surface area (Å²) in [6.45, 7) is 7.92. The summed E-state index contributed by atoms with van der Waals surface area (Å²) in [5.74, 6) is 0. The third-order valence-corrected chi connectivity index (χ3v) is 2.61. The van der Waals surface area contributed by atoms with Crippen LogP contribution in [0, 0.1) is 5.41 Å². The van der Waals surface area contributed by atoms with Gasteiger partial charge in [-0.2, -0.15) is 0 Å². The predicted octanol–water partition coefficient (Wildman–Crippen LogP) is 2.82. The molecule has 2 heteroatoms. The van der Waals surface area contributed by atoms with Crippen LogP contribution in [0.2, 0.25) is 0 Å². The van der Waals surface area contributed by atoms with Crippen molar-refractivity contribution in [2.75, 3.05) is 6.61 Å². The van der Waals surface area contributed by atoms with Crippen molar-refractivity contribution in [2.24, 2.45) is 5.41 Å². The molecule has 12 heavy (non-hydrogen) atoms. The normalized spacial score (nSPS) is 12.0. The van der Waals surface area contributed by atoms with E-state index in [9.17, 15) is 0 Å². The first-order valence-electron chi connectivity index (χ1n) is 4.88. The molecule has 1 nitrogen and oxygen atoms in total. The van der Waals surface area contributed by atoms with Gasteiger partial charge >= 0.3 is 90.9 Å². The van der Waals surface area contributed by atoms with E-state index in [2.05, 4.69) is 20.8 Å². The average Bonchev–Trinajstić information content (AvgIpc) is 1.94. The molecule has 2 radical (unpaired) electrons. The topological polar surface area (TPSA) is 9.23 Å². The molecule has 0 rings (SSSR count). The fraction of sp³-hybridized carbons (Fsp3) is 1.00. The summed E-state index contributed by atoms with van der Waals surface area (Å²) in [7, 11) is 0. The van der Waals surface area contributed by atoms with Crippen molar-refractivity contribution in [1.82, 2.24) is 0 Å². The van der Waals surface area contributed by atoms with Crippen LogP contribution in [0.15, 0.2) is 0 Å². The second-order valence-corrected chi connectivity index (χ2v) is 5.55. The van der Waals surface area contributed by atoms with Gasteiger partial charge in [-0.15, -0.1) is 0 Å². The molecule has 0 unspecified atom stereocenters. The molecule has 0 aliphatic rings. The van der Waals surface area contributed by atoms with Crippen molar-refractivity contribution < 1.29 is 3.07 Å². The number of unbranched alkanes of at least 4 members (excludes halogenated alkanes) is 3. The Morgan fingerprint density at radius 3 is 2.08 bits per heavy atom. The van der Waals surface area contributed by atoms with Crippen LogP contribution in [0.3, 0.4) is 0 Å². The van der Waals surface area contributed by atoms with Crippen molar-refractivity contribution >= 4 is 22.9 Å². The molecule has 0 spiro atoms. The van der Waals surface area contributed by atoms with Gasteiger partial charge in [0.25, 0.3) is 0 Å². The van der Waals surface area contributed by atoms with E-state index in [4.69, 9.17) is 3.07 Å². The van der Waals surface area contributed by atoms with Crippen LogP contribution in [0.1, 0.15) is 52.9 Å². The first-order chi connectivity index (χ1) is 5.56. The molecule has 0 amide bonds. The molecule has 0 N–H and O–H groups in total. The van der Waals surface area contributed by atoms with Crippen molar-refractivity contribution in [3.05, 3.63) is 0 Å². The molecule has 0 fully saturated rings. The van der Waals surface area contributed by atoms with E-state index in [1.54, 1.807) is 0 Å². The third-order valence-electron chi connectivity index (χ3n) is 1.94. The number of hydrogen-bond donors (Lipinski definition) is 0. The molecular formula is C10H22OSn. The van der Waals surface area contributed by atoms with Gasteiger partial charge in [0.05, 0.1) is 0 Å². The van der Waals surface area contributed by atoms with Crippen LogP contribution < -0.4 is 0 Å². The summed E-state index contributed by atoms with van der Waals surface area (Å²) >= 11 is 0.957. The van der Waals surface area contributed by atoms with E-state index in [-0.39, 0.29) is 0 Å². The van der Waals surface area contributed by atoms with E-state index < -0.39 is 0 Å². The summed E-state index contributed by atoms with van der Waals surface area (Å²) in [4.78, 5) is 0. The standard InChI is InChI=1S/C10H21O.Sn.H/c1-10(2,3)8-6-4-5-7-9-11;;/h4-9H2,1-3H3;;/q-1;+1;. The Morgan fingerprint density at radius 2 is 1.58 bits per heavy atom. The van der Waals surface area contributed by atoms with Gasteiger partial charge in [0.15, 0.2) is 0 Å². The second-order valence-electron chi connectivity index (χ2n) is 4.60. The molecule has 0 heterocycles. The Balaban J connectivity index is 3.01. The Hall–Kier alpha value is 0.759. The predicted molar refractivity (Wildman–Crippen MR) is 55.6 cm³/mol. The Bertz CT molecular complexity index is 96.5. The SMILES string of the molecule is CC(C)(C)CCCCCC[O][SnH]. The fourth-order valence-corrected chi connectivity index (χ4v) is 1.67. The second kappa shape index (κ2) is 7.19. The minimum atomic E-state index is 0.522. The molecule has 0 aromatic heterocycles. The summed E-state index contributed by atoms with van der Waals surface area (Å²) in [6, 6.07) is 0. The van der Waals surface area contributed by atoms with Gasteiger partial charge < -0.3 is 0 Å². The Morgan fingerprint density at radius 1 is 1.00 bits per heavy atom. The summed E-state index contributed by atoms with van der Waals surface area (Å²) < 4.78 is 5.12. The van der Waals surface area contributed by atoms with E-state index >= 15 is 0 Å². The van der Waals surface area contributed by atoms with Gasteiger partial charge in [0, 0.05) is 0 Å². The Labute approximate surface area is 90.9 Å². The van der Waals surface area contributed by atoms with E-state index in [1.165, 1.54) is 32.1 Å². The van der Waals surface area contributed by atoms with E-state index in [0.29, 0.717) is 5.41 Å². The molecule has 0 saturated carbocycles. The van der Waals surface area contributed by atoms with Gasteiger partial charge in [-0.25, -0.2) is 0 Å². The molecule has 0 aliphatic carbocycles. The first-order valence-corrected chi connectivity index (χ1v) is 6.22. The van der Waals surface area contributed by atoms with Crippen molar-refractivity contribution in [2.45, 2.75) is 52.9 Å². The molecule has 0 aromatic carbocycles. The van der Waals surface area contributed by atoms with Gasteiger partial charge in [0.2, 0.25) is 0 Å². The molecular weight excluding hydrogens is 255 g/mol. The van der Waals surface area contributed by atoms with Crippen LogP contribution in [0.25, 0.3) is 0 Å². The van der Waals surface area contributed by atoms with Crippen LogP contribution in [0.5, 0.6) is 0 Å². The zero-order valence-electron chi connectivity index (χ0n) is 8.73. The van der Waals surface area contributed by atoms with Crippen LogP contribution in [0.4, 0.5) is 0 Å². The number of rotatable bonds is 6. The first kappa shape index (κ1) is 12.8. The maximum atomic E-state index is 5.12. The molecule has 0 aliphatic heterocycles. The van der Waals surface area contributed by atoms with Gasteiger partial charge in [-0.3, -0.25) is 0 Å². The summed E-state index contributed by atoms with van der Waals surface area (Å²) in [6.07, 6.45) is 6.71. The molecule has 0 atom stereocenters. The molecule has 72 valence electrons. The molecule has 0 bridgehead atoms. The van der Waals surface area contributed by atoms with Crippen LogP contribution in [-0.4, -0.2) is 29.5 Å². The van der Waals surface area contributed by atoms with Crippen LogP contribution in [-0.2, 0) is 3.07 Å². The quantitative estimate of drug-likeness (QED) is 0.536. The van der Waals surface area contributed by atoms with E-state index in [1.807, 2.05) is 0 Å². The number of hydrogen-bond acceptors (Lipinski definition) is 1. The van der Waals surface area contributed by atoms with Crippen LogP contribution >= 0.6 is 0 Å². The molecule has 0 aromatic rings. The Kier molecular flexibility index (Phi) is 7.64. The van der Waals surface area contributed by atoms with Crippen molar-refractivity contribution in [1.29, 1.82) is 0 Å². The van der Waals surface area contributed by atoms with Crippen molar-refractivity contribution in [3.63, 3.8) is 0 Å². The monoisotopic (exact) mass is 278 g/mol. The van der Waals surface area contributed by atoms with Crippen molar-refractivity contribution in [3.8, 4) is 0 Å². The maximum absolute atomic E-state index is 5.12. The molecule has 0 saturated heterocycles. The zero-order chi connectivity index (χ0) is 9.45. The van der Waals surface area contributed by atoms with Gasteiger partial charge in [0.1, 0.15) is 0 Å². The zero-order valence-corrected chi connectivity index (χ0v) is 12.0. The third kappa shape index (κ3) is 10.8. The summed E-state index contributed by atoms with van der Waals surface area (Å²) in [5, 5.41) is 0. The fourth-order valence-electron chi connectivity index (χ4n) is 1.19.